The van der Waals surface area contributed by atoms with E-state index < -0.39 is 30.1 Å². The third kappa shape index (κ3) is 5.03. The minimum absolute atomic E-state index is 0.347. The molecule has 25 heavy (non-hydrogen) atoms. The Morgan fingerprint density at radius 1 is 1.24 bits per heavy atom. The Labute approximate surface area is 146 Å². The number of aliphatic carboxylic acids is 2. The van der Waals surface area contributed by atoms with Crippen molar-refractivity contribution >= 4 is 17.8 Å². The van der Waals surface area contributed by atoms with Crippen LogP contribution in [0.1, 0.15) is 31.7 Å². The fourth-order valence-corrected chi connectivity index (χ4v) is 3.14. The summed E-state index contributed by atoms with van der Waals surface area (Å²) in [5, 5.41) is 21.4. The maximum atomic E-state index is 12.5. The highest BCUT2D eigenvalue weighted by atomic mass is 16.4. The van der Waals surface area contributed by atoms with Crippen molar-refractivity contribution in [2.75, 3.05) is 6.54 Å². The maximum Gasteiger partial charge on any atom is 0.326 e. The Kier molecular flexibility index (Phi) is 6.52. The van der Waals surface area contributed by atoms with Crippen LogP contribution in [0.25, 0.3) is 0 Å². The van der Waals surface area contributed by atoms with Crippen LogP contribution < -0.4 is 5.32 Å². The predicted octanol–water partition coefficient (Wildman–Crippen LogP) is 1.13. The summed E-state index contributed by atoms with van der Waals surface area (Å²) >= 11 is 0. The van der Waals surface area contributed by atoms with Crippen molar-refractivity contribution < 1.29 is 24.6 Å². The fraction of sp³-hybridized carbons (Fsp3) is 0.500. The summed E-state index contributed by atoms with van der Waals surface area (Å²) in [6.07, 6.45) is 2.00. The van der Waals surface area contributed by atoms with E-state index in [1.807, 2.05) is 30.3 Å². The number of hydrogen-bond donors (Lipinski definition) is 3. The lowest BCUT2D eigenvalue weighted by atomic mass is 10.0. The molecule has 1 aliphatic rings. The zero-order chi connectivity index (χ0) is 18.4. The molecule has 3 atom stereocenters. The smallest absolute Gasteiger partial charge is 0.326 e. The molecule has 136 valence electrons. The molecule has 1 saturated heterocycles. The lowest BCUT2D eigenvalue weighted by Crippen LogP contribution is -2.53. The molecule has 1 amide bonds. The summed E-state index contributed by atoms with van der Waals surface area (Å²) in [5.74, 6) is -2.40. The van der Waals surface area contributed by atoms with Gasteiger partial charge in [0.05, 0.1) is 6.04 Å². The molecule has 2 rings (SSSR count). The van der Waals surface area contributed by atoms with Gasteiger partial charge in [0.25, 0.3) is 0 Å². The molecule has 0 aliphatic carbocycles. The van der Waals surface area contributed by atoms with Gasteiger partial charge in [-0.15, -0.1) is 0 Å². The topological polar surface area (TPSA) is 107 Å². The van der Waals surface area contributed by atoms with Crippen LogP contribution in [0.4, 0.5) is 0 Å². The van der Waals surface area contributed by atoms with Gasteiger partial charge in [-0.2, -0.15) is 0 Å². The summed E-state index contributed by atoms with van der Waals surface area (Å²) < 4.78 is 0. The fourth-order valence-electron chi connectivity index (χ4n) is 3.14. The van der Waals surface area contributed by atoms with Crippen molar-refractivity contribution in [3.63, 3.8) is 0 Å². The molecule has 1 aromatic carbocycles. The average Bonchev–Trinajstić information content (AvgIpc) is 3.08. The number of nitrogens with zero attached hydrogens (tertiary/aromatic N) is 1. The van der Waals surface area contributed by atoms with Crippen molar-refractivity contribution in [1.29, 1.82) is 0 Å². The van der Waals surface area contributed by atoms with Crippen LogP contribution in [0, 0.1) is 0 Å². The molecule has 1 heterocycles. The molecule has 0 saturated carbocycles. The van der Waals surface area contributed by atoms with Crippen LogP contribution in [0.15, 0.2) is 30.3 Å². The van der Waals surface area contributed by atoms with Crippen molar-refractivity contribution in [3.05, 3.63) is 35.9 Å². The molecular formula is C18H24N2O5. The lowest BCUT2D eigenvalue weighted by Gasteiger charge is -2.27. The largest absolute Gasteiger partial charge is 0.480 e. The zero-order valence-electron chi connectivity index (χ0n) is 14.2. The molecule has 0 unspecified atom stereocenters. The number of benzene rings is 1. The first-order valence-electron chi connectivity index (χ1n) is 8.46. The molecule has 1 aliphatic heterocycles. The second-order valence-corrected chi connectivity index (χ2v) is 6.33. The van der Waals surface area contributed by atoms with Crippen molar-refractivity contribution in [2.45, 2.75) is 50.7 Å². The molecule has 0 spiro atoms. The van der Waals surface area contributed by atoms with Gasteiger partial charge >= 0.3 is 11.9 Å². The quantitative estimate of drug-likeness (QED) is 0.650. The first-order chi connectivity index (χ1) is 11.9. The maximum absolute atomic E-state index is 12.5. The molecule has 7 nitrogen and oxygen atoms in total. The minimum Gasteiger partial charge on any atom is -0.480 e. The van der Waals surface area contributed by atoms with Crippen LogP contribution in [0.5, 0.6) is 0 Å². The number of carbonyl (C=O) groups excluding carboxylic acids is 1. The van der Waals surface area contributed by atoms with Gasteiger partial charge in [-0.3, -0.25) is 14.9 Å². The second-order valence-electron chi connectivity index (χ2n) is 6.33. The molecule has 0 bridgehead atoms. The number of rotatable bonds is 8. The summed E-state index contributed by atoms with van der Waals surface area (Å²) in [5.41, 5.74) is 1.03. The first kappa shape index (κ1) is 18.9. The van der Waals surface area contributed by atoms with Gasteiger partial charge in [-0.05, 0) is 38.2 Å². The summed E-state index contributed by atoms with van der Waals surface area (Å²) in [6.45, 7) is 1.97. The minimum atomic E-state index is -1.02. The van der Waals surface area contributed by atoms with Gasteiger partial charge < -0.3 is 15.1 Å². The van der Waals surface area contributed by atoms with Crippen LogP contribution in [0.3, 0.4) is 0 Å². The van der Waals surface area contributed by atoms with E-state index in [-0.39, 0.29) is 5.91 Å². The number of carbonyl (C=O) groups is 3. The number of aryl methyl sites for hydroxylation is 1. The number of likely N-dealkylation sites (tertiary alicyclic amines) is 1. The molecule has 1 aromatic rings. The molecular weight excluding hydrogens is 324 g/mol. The Morgan fingerprint density at radius 2 is 1.92 bits per heavy atom. The third-order valence-corrected chi connectivity index (χ3v) is 4.51. The third-order valence-electron chi connectivity index (χ3n) is 4.51. The van der Waals surface area contributed by atoms with E-state index in [4.69, 9.17) is 0 Å². The monoisotopic (exact) mass is 348 g/mol. The van der Waals surface area contributed by atoms with Gasteiger partial charge in [0.15, 0.2) is 0 Å². The number of carboxylic acids is 2. The van der Waals surface area contributed by atoms with E-state index in [0.29, 0.717) is 32.2 Å². The van der Waals surface area contributed by atoms with E-state index in [2.05, 4.69) is 5.32 Å². The highest BCUT2D eigenvalue weighted by Crippen LogP contribution is 2.18. The predicted molar refractivity (Wildman–Crippen MR) is 91.2 cm³/mol. The average molecular weight is 348 g/mol. The molecule has 1 fully saturated rings. The van der Waals surface area contributed by atoms with Gasteiger partial charge in [-0.1, -0.05) is 30.3 Å². The standard InChI is InChI=1S/C18H24N2O5/c1-12(16(21)20-11-5-8-15(20)18(24)25)19-14(17(22)23)10-9-13-6-3-2-4-7-13/h2-4,6-7,12,14-15,19H,5,8-11H2,1H3,(H,22,23)(H,24,25)/t12-,14+,15+/m1/s1. The Hall–Kier alpha value is -2.41. The Morgan fingerprint density at radius 3 is 2.52 bits per heavy atom. The van der Waals surface area contributed by atoms with Gasteiger partial charge in [0.2, 0.25) is 5.91 Å². The molecule has 3 N–H and O–H groups in total. The van der Waals surface area contributed by atoms with E-state index in [1.54, 1.807) is 6.92 Å². The second kappa shape index (κ2) is 8.62. The SMILES string of the molecule is C[C@@H](N[C@@H](CCc1ccccc1)C(=O)O)C(=O)N1CCC[C@H]1C(=O)O. The molecule has 0 aromatic heterocycles. The summed E-state index contributed by atoms with van der Waals surface area (Å²) in [4.78, 5) is 36.5. The summed E-state index contributed by atoms with van der Waals surface area (Å²) in [7, 11) is 0. The normalized spacial score (nSPS) is 19.4. The highest BCUT2D eigenvalue weighted by Gasteiger charge is 2.36. The highest BCUT2D eigenvalue weighted by molar-refractivity contribution is 5.88. The van der Waals surface area contributed by atoms with Crippen LogP contribution >= 0.6 is 0 Å². The van der Waals surface area contributed by atoms with Crippen molar-refractivity contribution in [2.24, 2.45) is 0 Å². The number of hydrogen-bond acceptors (Lipinski definition) is 4. The van der Waals surface area contributed by atoms with Gasteiger partial charge in [0, 0.05) is 6.54 Å². The Balaban J connectivity index is 1.95. The van der Waals surface area contributed by atoms with E-state index in [9.17, 15) is 24.6 Å². The molecule has 0 radical (unpaired) electrons. The first-order valence-corrected chi connectivity index (χ1v) is 8.46. The van der Waals surface area contributed by atoms with Crippen LogP contribution in [-0.2, 0) is 20.8 Å². The van der Waals surface area contributed by atoms with Crippen molar-refractivity contribution in [1.82, 2.24) is 10.2 Å². The van der Waals surface area contributed by atoms with Gasteiger partial charge in [0.1, 0.15) is 12.1 Å². The van der Waals surface area contributed by atoms with Gasteiger partial charge in [-0.25, -0.2) is 4.79 Å². The number of nitrogens with one attached hydrogen (secondary N) is 1. The van der Waals surface area contributed by atoms with Crippen LogP contribution in [-0.4, -0.2) is 57.6 Å². The van der Waals surface area contributed by atoms with Crippen molar-refractivity contribution in [3.8, 4) is 0 Å². The lowest BCUT2D eigenvalue weighted by molar-refractivity contribution is -0.149. The summed E-state index contributed by atoms with van der Waals surface area (Å²) in [6, 6.07) is 7.09. The Bertz CT molecular complexity index is 619. The van der Waals surface area contributed by atoms with Crippen LogP contribution in [0.2, 0.25) is 0 Å². The molecule has 7 heteroatoms. The van der Waals surface area contributed by atoms with E-state index in [0.717, 1.165) is 5.56 Å². The number of amides is 1. The number of carboxylic acid groups (broad SMARTS) is 2. The zero-order valence-corrected chi connectivity index (χ0v) is 14.2. The van der Waals surface area contributed by atoms with E-state index in [1.165, 1.54) is 4.90 Å². The van der Waals surface area contributed by atoms with E-state index >= 15 is 0 Å².